The Hall–Kier alpha value is -2.85. The third kappa shape index (κ3) is 2.51. The third-order valence-corrected chi connectivity index (χ3v) is 4.12. The van der Waals surface area contributed by atoms with E-state index in [-0.39, 0.29) is 11.5 Å². The van der Waals surface area contributed by atoms with Gasteiger partial charge < -0.3 is 31.3 Å². The van der Waals surface area contributed by atoms with E-state index in [1.54, 1.807) is 6.92 Å². The first-order chi connectivity index (χ1) is 11.4. The number of allylic oxidation sites excluding steroid dienone is 1. The molecule has 3 rings (SSSR count). The molecule has 0 fully saturated rings. The highest BCUT2D eigenvalue weighted by atomic mass is 16.5. The SMILES string of the molecule is CCCNC1=C(C#N)C(C)(N)NC2=C1Cc1cc(O)c(O)cc1O2. The van der Waals surface area contributed by atoms with Crippen molar-refractivity contribution in [1.29, 1.82) is 5.26 Å². The van der Waals surface area contributed by atoms with Crippen molar-refractivity contribution in [2.75, 3.05) is 6.54 Å². The third-order valence-electron chi connectivity index (χ3n) is 4.12. The second-order valence-electron chi connectivity index (χ2n) is 6.15. The molecule has 1 unspecified atom stereocenters. The minimum Gasteiger partial charge on any atom is -0.504 e. The number of phenolic OH excluding ortho intramolecular Hbond substituents is 2. The summed E-state index contributed by atoms with van der Waals surface area (Å²) >= 11 is 0. The first-order valence-electron chi connectivity index (χ1n) is 7.79. The normalized spacial score (nSPS) is 22.1. The van der Waals surface area contributed by atoms with Gasteiger partial charge in [0.1, 0.15) is 17.5 Å². The molecule has 126 valence electrons. The lowest BCUT2D eigenvalue weighted by Gasteiger charge is -2.38. The van der Waals surface area contributed by atoms with Gasteiger partial charge in [0.15, 0.2) is 11.5 Å². The molecule has 0 radical (unpaired) electrons. The van der Waals surface area contributed by atoms with E-state index in [0.717, 1.165) is 17.6 Å². The molecule has 1 aromatic rings. The molecule has 1 aromatic carbocycles. The lowest BCUT2D eigenvalue weighted by Crippen LogP contribution is -2.56. The summed E-state index contributed by atoms with van der Waals surface area (Å²) in [6.07, 6.45) is 1.34. The fraction of sp³-hybridized carbons (Fsp3) is 0.353. The Kier molecular flexibility index (Phi) is 3.78. The number of hydrogen-bond acceptors (Lipinski definition) is 7. The minimum atomic E-state index is -1.07. The van der Waals surface area contributed by atoms with Gasteiger partial charge in [-0.15, -0.1) is 0 Å². The Balaban J connectivity index is 2.09. The van der Waals surface area contributed by atoms with Crippen molar-refractivity contribution in [3.8, 4) is 23.3 Å². The molecule has 6 N–H and O–H groups in total. The summed E-state index contributed by atoms with van der Waals surface area (Å²) < 4.78 is 5.84. The Morgan fingerprint density at radius 1 is 1.42 bits per heavy atom. The highest BCUT2D eigenvalue weighted by molar-refractivity contribution is 5.58. The van der Waals surface area contributed by atoms with Crippen molar-refractivity contribution in [2.45, 2.75) is 32.4 Å². The maximum atomic E-state index is 9.72. The van der Waals surface area contributed by atoms with Crippen LogP contribution in [0.25, 0.3) is 0 Å². The second kappa shape index (κ2) is 5.65. The summed E-state index contributed by atoms with van der Waals surface area (Å²) in [5.41, 5.74) is 7.74. The summed E-state index contributed by atoms with van der Waals surface area (Å²) in [5, 5.41) is 35.3. The summed E-state index contributed by atoms with van der Waals surface area (Å²) in [4.78, 5) is 0. The number of aromatic hydroxyl groups is 2. The molecule has 0 aliphatic carbocycles. The zero-order chi connectivity index (χ0) is 17.5. The van der Waals surface area contributed by atoms with Gasteiger partial charge in [0.05, 0.1) is 11.3 Å². The molecule has 2 aliphatic heterocycles. The number of hydrogen-bond donors (Lipinski definition) is 5. The van der Waals surface area contributed by atoms with Gasteiger partial charge >= 0.3 is 0 Å². The van der Waals surface area contributed by atoms with Gasteiger partial charge in [-0.05, 0) is 19.4 Å². The number of benzene rings is 1. The Morgan fingerprint density at radius 3 is 2.79 bits per heavy atom. The van der Waals surface area contributed by atoms with Gasteiger partial charge in [-0.3, -0.25) is 0 Å². The van der Waals surface area contributed by atoms with Crippen molar-refractivity contribution in [2.24, 2.45) is 5.73 Å². The number of nitrogens with one attached hydrogen (secondary N) is 2. The van der Waals surface area contributed by atoms with E-state index >= 15 is 0 Å². The zero-order valence-electron chi connectivity index (χ0n) is 13.6. The van der Waals surface area contributed by atoms with Crippen molar-refractivity contribution in [3.05, 3.63) is 40.4 Å². The highest BCUT2D eigenvalue weighted by Crippen LogP contribution is 2.41. The lowest BCUT2D eigenvalue weighted by atomic mass is 9.89. The van der Waals surface area contributed by atoms with E-state index in [2.05, 4.69) is 16.7 Å². The predicted molar refractivity (Wildman–Crippen MR) is 87.8 cm³/mol. The fourth-order valence-electron chi connectivity index (χ4n) is 2.91. The van der Waals surface area contributed by atoms with E-state index in [0.29, 0.717) is 35.9 Å². The van der Waals surface area contributed by atoms with E-state index in [1.807, 2.05) is 6.92 Å². The second-order valence-corrected chi connectivity index (χ2v) is 6.15. The predicted octanol–water partition coefficient (Wildman–Crippen LogP) is 1.30. The molecule has 0 bridgehead atoms. The number of nitrogens with zero attached hydrogens (tertiary/aromatic N) is 1. The van der Waals surface area contributed by atoms with Gasteiger partial charge in [-0.2, -0.15) is 5.26 Å². The molecule has 0 aromatic heterocycles. The minimum absolute atomic E-state index is 0.207. The van der Waals surface area contributed by atoms with Crippen LogP contribution in [0.3, 0.4) is 0 Å². The summed E-state index contributed by atoms with van der Waals surface area (Å²) in [6.45, 7) is 4.43. The van der Waals surface area contributed by atoms with Crippen LogP contribution in [0.4, 0.5) is 0 Å². The molecule has 7 heteroatoms. The van der Waals surface area contributed by atoms with Crippen molar-refractivity contribution in [3.63, 3.8) is 0 Å². The van der Waals surface area contributed by atoms with Crippen LogP contribution < -0.4 is 21.1 Å². The molecular weight excluding hydrogens is 308 g/mol. The maximum Gasteiger partial charge on any atom is 0.200 e. The number of ether oxygens (including phenoxy) is 1. The average molecular weight is 328 g/mol. The van der Waals surface area contributed by atoms with Crippen molar-refractivity contribution < 1.29 is 14.9 Å². The van der Waals surface area contributed by atoms with Gasteiger partial charge in [0.2, 0.25) is 5.88 Å². The Morgan fingerprint density at radius 2 is 2.12 bits per heavy atom. The topological polar surface area (TPSA) is 124 Å². The molecule has 0 spiro atoms. The molecule has 24 heavy (non-hydrogen) atoms. The van der Waals surface area contributed by atoms with E-state index in [1.165, 1.54) is 12.1 Å². The van der Waals surface area contributed by atoms with Gasteiger partial charge in [0.25, 0.3) is 0 Å². The molecule has 0 saturated carbocycles. The monoisotopic (exact) mass is 328 g/mol. The zero-order valence-corrected chi connectivity index (χ0v) is 13.6. The molecule has 2 aliphatic rings. The largest absolute Gasteiger partial charge is 0.504 e. The molecular formula is C17H20N4O3. The number of dihydropyridines is 1. The first kappa shape index (κ1) is 16.0. The van der Waals surface area contributed by atoms with Crippen LogP contribution in [-0.4, -0.2) is 22.4 Å². The highest BCUT2D eigenvalue weighted by Gasteiger charge is 2.38. The van der Waals surface area contributed by atoms with Gasteiger partial charge in [-0.25, -0.2) is 0 Å². The lowest BCUT2D eigenvalue weighted by molar-refractivity contribution is 0.299. The number of nitriles is 1. The van der Waals surface area contributed by atoms with Crippen LogP contribution in [0.2, 0.25) is 0 Å². The van der Waals surface area contributed by atoms with Gasteiger partial charge in [-0.1, -0.05) is 6.92 Å². The van der Waals surface area contributed by atoms with E-state index in [4.69, 9.17) is 10.5 Å². The number of fused-ring (bicyclic) bond motifs is 1. The maximum absolute atomic E-state index is 9.72. The number of rotatable bonds is 3. The summed E-state index contributed by atoms with van der Waals surface area (Å²) in [6, 6.07) is 5.02. The Bertz CT molecular complexity index is 803. The van der Waals surface area contributed by atoms with E-state index in [9.17, 15) is 15.5 Å². The van der Waals surface area contributed by atoms with Crippen molar-refractivity contribution in [1.82, 2.24) is 10.6 Å². The van der Waals surface area contributed by atoms with Crippen LogP contribution in [-0.2, 0) is 6.42 Å². The summed E-state index contributed by atoms with van der Waals surface area (Å²) in [7, 11) is 0. The van der Waals surface area contributed by atoms with Gasteiger partial charge in [0, 0.05) is 30.2 Å². The van der Waals surface area contributed by atoms with Crippen LogP contribution in [0.15, 0.2) is 34.9 Å². The van der Waals surface area contributed by atoms with Crippen LogP contribution in [0.1, 0.15) is 25.8 Å². The standard InChI is InChI=1S/C17H20N4O3/c1-3-4-20-15-10-5-9-6-12(22)13(23)7-14(9)24-16(10)21-17(2,19)11(15)8-18/h6-7,20-23H,3-5,19H2,1-2H3. The van der Waals surface area contributed by atoms with Crippen LogP contribution >= 0.6 is 0 Å². The van der Waals surface area contributed by atoms with Crippen LogP contribution in [0.5, 0.6) is 17.2 Å². The molecule has 0 amide bonds. The first-order valence-corrected chi connectivity index (χ1v) is 7.79. The average Bonchev–Trinajstić information content (AvgIpc) is 2.51. The molecule has 2 heterocycles. The van der Waals surface area contributed by atoms with Crippen LogP contribution in [0, 0.1) is 11.3 Å². The van der Waals surface area contributed by atoms with E-state index < -0.39 is 5.66 Å². The smallest absolute Gasteiger partial charge is 0.200 e. The molecule has 1 atom stereocenters. The van der Waals surface area contributed by atoms with Crippen molar-refractivity contribution >= 4 is 0 Å². The quantitative estimate of drug-likeness (QED) is 0.530. The number of nitrogens with two attached hydrogens (primary N) is 1. The summed E-state index contributed by atoms with van der Waals surface area (Å²) in [5.74, 6) is 0.445. The number of phenols is 2. The Labute approximate surface area is 140 Å². The molecule has 7 nitrogen and oxygen atoms in total. The molecule has 0 saturated heterocycles. The fourth-order valence-corrected chi connectivity index (χ4v) is 2.91.